The fourth-order valence-electron chi connectivity index (χ4n) is 2.42. The van der Waals surface area contributed by atoms with E-state index in [1.54, 1.807) is 0 Å². The van der Waals surface area contributed by atoms with Crippen LogP contribution in [0.5, 0.6) is 0 Å². The fourth-order valence-corrected chi connectivity index (χ4v) is 2.42. The van der Waals surface area contributed by atoms with Gasteiger partial charge >= 0.3 is 6.09 Å². The third kappa shape index (κ3) is 7.64. The Labute approximate surface area is 161 Å². The lowest BCUT2D eigenvalue weighted by molar-refractivity contribution is -0.140. The minimum atomic E-state index is -0.435. The van der Waals surface area contributed by atoms with Crippen LogP contribution < -0.4 is 5.32 Å². The maximum atomic E-state index is 11.7. The molecular weight excluding hydrogens is 342 g/mol. The van der Waals surface area contributed by atoms with Crippen LogP contribution in [0.3, 0.4) is 0 Å². The number of amides is 1. The third-order valence-corrected chi connectivity index (χ3v) is 3.73. The van der Waals surface area contributed by atoms with Gasteiger partial charge < -0.3 is 19.5 Å². The Morgan fingerprint density at radius 3 is 2.30 bits per heavy atom. The number of ether oxygens (including phenoxy) is 3. The molecular formula is C22H27NO4. The summed E-state index contributed by atoms with van der Waals surface area (Å²) in [6.07, 6.45) is 3.05. The monoisotopic (exact) mass is 369 g/mol. The molecule has 5 nitrogen and oxygen atoms in total. The lowest BCUT2D eigenvalue weighted by atomic mass is 10.1. The predicted octanol–water partition coefficient (Wildman–Crippen LogP) is 4.70. The van der Waals surface area contributed by atoms with E-state index in [2.05, 4.69) is 5.32 Å². The topological polar surface area (TPSA) is 56.8 Å². The predicted molar refractivity (Wildman–Crippen MR) is 106 cm³/mol. The van der Waals surface area contributed by atoms with E-state index in [4.69, 9.17) is 14.2 Å². The largest absolute Gasteiger partial charge is 0.445 e. The molecule has 2 aromatic rings. The summed E-state index contributed by atoms with van der Waals surface area (Å²) in [4.78, 5) is 11.7. The highest BCUT2D eigenvalue weighted by Crippen LogP contribution is 2.19. The van der Waals surface area contributed by atoms with E-state index in [0.29, 0.717) is 19.8 Å². The molecule has 0 aliphatic heterocycles. The fraction of sp³-hybridized carbons (Fsp3) is 0.318. The number of alkyl carbamates (subject to hydrolysis) is 1. The second-order valence-electron chi connectivity index (χ2n) is 5.75. The van der Waals surface area contributed by atoms with Gasteiger partial charge in [-0.1, -0.05) is 66.7 Å². The summed E-state index contributed by atoms with van der Waals surface area (Å²) in [5, 5.41) is 2.70. The van der Waals surface area contributed by atoms with Crippen molar-refractivity contribution < 1.29 is 19.0 Å². The van der Waals surface area contributed by atoms with Crippen molar-refractivity contribution in [1.82, 2.24) is 5.32 Å². The highest BCUT2D eigenvalue weighted by molar-refractivity contribution is 5.67. The molecule has 0 bridgehead atoms. The zero-order valence-corrected chi connectivity index (χ0v) is 15.9. The average Bonchev–Trinajstić information content (AvgIpc) is 2.71. The molecule has 0 saturated heterocycles. The van der Waals surface area contributed by atoms with Crippen LogP contribution in [-0.4, -0.2) is 25.9 Å². The smallest absolute Gasteiger partial charge is 0.407 e. The van der Waals surface area contributed by atoms with Gasteiger partial charge in [-0.05, 0) is 25.0 Å². The molecule has 0 unspecified atom stereocenters. The van der Waals surface area contributed by atoms with E-state index in [1.165, 1.54) is 0 Å². The van der Waals surface area contributed by atoms with Crippen LogP contribution in [0.25, 0.3) is 6.08 Å². The molecule has 0 atom stereocenters. The van der Waals surface area contributed by atoms with Crippen molar-refractivity contribution in [1.29, 1.82) is 0 Å². The van der Waals surface area contributed by atoms with Crippen molar-refractivity contribution >= 4 is 12.2 Å². The van der Waals surface area contributed by atoms with Crippen LogP contribution in [0.2, 0.25) is 0 Å². The first-order valence-corrected chi connectivity index (χ1v) is 9.17. The molecule has 5 heteroatoms. The number of benzene rings is 2. The summed E-state index contributed by atoms with van der Waals surface area (Å²) >= 11 is 0. The van der Waals surface area contributed by atoms with E-state index in [1.807, 2.05) is 80.6 Å². The molecule has 1 N–H and O–H groups in total. The van der Waals surface area contributed by atoms with Gasteiger partial charge in [0.1, 0.15) is 6.61 Å². The van der Waals surface area contributed by atoms with E-state index in [-0.39, 0.29) is 12.9 Å². The molecule has 0 radical (unpaired) electrons. The molecule has 0 spiro atoms. The van der Waals surface area contributed by atoms with Gasteiger partial charge in [0.05, 0.1) is 0 Å². The van der Waals surface area contributed by atoms with Gasteiger partial charge in [0.15, 0.2) is 6.29 Å². The first kappa shape index (κ1) is 20.7. The number of carbonyl (C=O) groups is 1. The number of hydrogen-bond acceptors (Lipinski definition) is 4. The average molecular weight is 369 g/mol. The highest BCUT2D eigenvalue weighted by atomic mass is 16.7. The van der Waals surface area contributed by atoms with Gasteiger partial charge in [0.2, 0.25) is 0 Å². The van der Waals surface area contributed by atoms with Crippen molar-refractivity contribution in [2.24, 2.45) is 0 Å². The normalized spacial score (nSPS) is 11.1. The number of nitrogens with one attached hydrogen (secondary N) is 1. The van der Waals surface area contributed by atoms with Crippen molar-refractivity contribution in [3.05, 3.63) is 77.4 Å². The number of hydrogen-bond donors (Lipinski definition) is 1. The van der Waals surface area contributed by atoms with Gasteiger partial charge in [0.25, 0.3) is 0 Å². The summed E-state index contributed by atoms with van der Waals surface area (Å²) in [5.41, 5.74) is 2.98. The third-order valence-electron chi connectivity index (χ3n) is 3.73. The molecule has 0 aliphatic carbocycles. The van der Waals surface area contributed by atoms with Gasteiger partial charge in [-0.25, -0.2) is 4.79 Å². The van der Waals surface area contributed by atoms with Crippen LogP contribution in [0.4, 0.5) is 4.79 Å². The van der Waals surface area contributed by atoms with Gasteiger partial charge in [0, 0.05) is 25.3 Å². The quantitative estimate of drug-likeness (QED) is 0.617. The lowest BCUT2D eigenvalue weighted by Crippen LogP contribution is -2.24. The Morgan fingerprint density at radius 1 is 1.00 bits per heavy atom. The van der Waals surface area contributed by atoms with Crippen LogP contribution >= 0.6 is 0 Å². The summed E-state index contributed by atoms with van der Waals surface area (Å²) < 4.78 is 16.3. The maximum absolute atomic E-state index is 11.7. The van der Waals surface area contributed by atoms with Crippen LogP contribution in [0.15, 0.2) is 60.7 Å². The van der Waals surface area contributed by atoms with E-state index >= 15 is 0 Å². The van der Waals surface area contributed by atoms with Gasteiger partial charge in [-0.2, -0.15) is 0 Å². The van der Waals surface area contributed by atoms with Crippen molar-refractivity contribution in [3.8, 4) is 0 Å². The molecule has 0 heterocycles. The van der Waals surface area contributed by atoms with Crippen molar-refractivity contribution in [2.45, 2.75) is 26.7 Å². The van der Waals surface area contributed by atoms with E-state index in [0.717, 1.165) is 16.7 Å². The Kier molecular flexibility index (Phi) is 9.10. The highest BCUT2D eigenvalue weighted by Gasteiger charge is 2.10. The Hall–Kier alpha value is -2.63. The van der Waals surface area contributed by atoms with Gasteiger partial charge in [-0.3, -0.25) is 0 Å². The van der Waals surface area contributed by atoms with Crippen molar-refractivity contribution in [3.63, 3.8) is 0 Å². The maximum Gasteiger partial charge on any atom is 0.407 e. The number of rotatable bonds is 10. The summed E-state index contributed by atoms with van der Waals surface area (Å²) in [6.45, 7) is 5.74. The summed E-state index contributed by atoms with van der Waals surface area (Å²) in [6, 6.07) is 17.5. The molecule has 0 saturated carbocycles. The Bertz CT molecular complexity index is 692. The summed E-state index contributed by atoms with van der Waals surface area (Å²) in [5.74, 6) is 0. The molecule has 27 heavy (non-hydrogen) atoms. The Balaban J connectivity index is 1.74. The molecule has 2 rings (SSSR count). The zero-order valence-electron chi connectivity index (χ0n) is 15.9. The minimum absolute atomic E-state index is 0.263. The molecule has 144 valence electrons. The number of carbonyl (C=O) groups excluding carboxylic acids is 1. The standard InChI is InChI=1S/C22H27NO4/c1-3-25-21(26-4-2)20-14-12-18(13-15-20)11-8-16-23-22(24)27-17-19-9-6-5-7-10-19/h5-15,21H,3-4,16-17H2,1-2H3,(H,23,24). The van der Waals surface area contributed by atoms with E-state index < -0.39 is 6.09 Å². The Morgan fingerprint density at radius 2 is 1.67 bits per heavy atom. The first-order valence-electron chi connectivity index (χ1n) is 9.17. The minimum Gasteiger partial charge on any atom is -0.445 e. The van der Waals surface area contributed by atoms with Crippen LogP contribution in [-0.2, 0) is 20.8 Å². The lowest BCUT2D eigenvalue weighted by Gasteiger charge is -2.17. The molecule has 1 amide bonds. The second kappa shape index (κ2) is 11.9. The van der Waals surface area contributed by atoms with Crippen LogP contribution in [0, 0.1) is 0 Å². The zero-order chi connectivity index (χ0) is 19.3. The molecule has 0 aliphatic rings. The molecule has 0 aromatic heterocycles. The van der Waals surface area contributed by atoms with Crippen LogP contribution in [0.1, 0.15) is 36.8 Å². The first-order chi connectivity index (χ1) is 13.2. The van der Waals surface area contributed by atoms with E-state index in [9.17, 15) is 4.79 Å². The SMILES string of the molecule is CCOC(OCC)c1ccc(C=CCNC(=O)OCc2ccccc2)cc1. The summed E-state index contributed by atoms with van der Waals surface area (Å²) in [7, 11) is 0. The molecule has 2 aromatic carbocycles. The molecule has 0 fully saturated rings. The second-order valence-corrected chi connectivity index (χ2v) is 5.75. The van der Waals surface area contributed by atoms with Gasteiger partial charge in [-0.15, -0.1) is 0 Å². The van der Waals surface area contributed by atoms with Crippen molar-refractivity contribution in [2.75, 3.05) is 19.8 Å².